The van der Waals surface area contributed by atoms with Crippen LogP contribution in [-0.4, -0.2) is 27.6 Å². The molecule has 1 aliphatic heterocycles. The second-order valence-corrected chi connectivity index (χ2v) is 8.43. The number of anilines is 1. The van der Waals surface area contributed by atoms with Crippen LogP contribution in [0.5, 0.6) is 0 Å². The molecule has 2 aromatic carbocycles. The van der Waals surface area contributed by atoms with Gasteiger partial charge in [-0.3, -0.25) is 18.7 Å². The summed E-state index contributed by atoms with van der Waals surface area (Å²) < 4.78 is 8.56. The van der Waals surface area contributed by atoms with Crippen molar-refractivity contribution in [2.45, 2.75) is 52.1 Å². The molecule has 8 heteroatoms. The van der Waals surface area contributed by atoms with Crippen LogP contribution in [0.1, 0.15) is 50.3 Å². The zero-order chi connectivity index (χ0) is 22.8. The van der Waals surface area contributed by atoms with E-state index < -0.39 is 0 Å². The number of imidazole rings is 1. The van der Waals surface area contributed by atoms with Gasteiger partial charge in [-0.2, -0.15) is 0 Å². The second kappa shape index (κ2) is 9.20. The molecular weight excluding hydrogens is 430 g/mol. The summed E-state index contributed by atoms with van der Waals surface area (Å²) in [5.74, 6) is -0.400. The van der Waals surface area contributed by atoms with Gasteiger partial charge in [0.1, 0.15) is 0 Å². The number of nitrogens with zero attached hydrogens (tertiary/aromatic N) is 2. The van der Waals surface area contributed by atoms with E-state index in [2.05, 4.69) is 5.32 Å². The van der Waals surface area contributed by atoms with E-state index in [4.69, 9.17) is 16.3 Å². The molecule has 0 saturated heterocycles. The molecule has 1 aromatic heterocycles. The van der Waals surface area contributed by atoms with Crippen molar-refractivity contribution in [2.24, 2.45) is 0 Å². The average Bonchev–Trinajstić information content (AvgIpc) is 3.25. The first-order valence-corrected chi connectivity index (χ1v) is 11.3. The van der Waals surface area contributed by atoms with Gasteiger partial charge in [-0.25, -0.2) is 4.79 Å². The molecule has 3 aromatic rings. The topological polar surface area (TPSA) is 82.3 Å². The van der Waals surface area contributed by atoms with Crippen LogP contribution < -0.4 is 11.0 Å². The minimum atomic E-state index is -0.313. The highest BCUT2D eigenvalue weighted by atomic mass is 35.5. The standard InChI is InChI=1S/C24H26ClN3O4/c1-3-7-17(12-23(30)32-4-2)28-21-9-6-5-8-20(21)27(24(28)31)14-15-10-16(25)11-19-18(15)13-22(29)26-19/h5-6,8-11,17H,3-4,7,12-14H2,1-2H3,(H,26,29). The second-order valence-electron chi connectivity index (χ2n) is 8.00. The molecular formula is C24H26ClN3O4. The number of carbonyl (C=O) groups is 2. The van der Waals surface area contributed by atoms with Crippen molar-refractivity contribution in [2.75, 3.05) is 11.9 Å². The molecule has 0 aliphatic carbocycles. The molecule has 0 fully saturated rings. The van der Waals surface area contributed by atoms with Crippen LogP contribution in [0.3, 0.4) is 0 Å². The lowest BCUT2D eigenvalue weighted by Crippen LogP contribution is -2.29. The van der Waals surface area contributed by atoms with Crippen LogP contribution in [0, 0.1) is 0 Å². The highest BCUT2D eigenvalue weighted by molar-refractivity contribution is 6.31. The largest absolute Gasteiger partial charge is 0.466 e. The Kier molecular flexibility index (Phi) is 6.37. The van der Waals surface area contributed by atoms with Crippen molar-refractivity contribution in [1.29, 1.82) is 0 Å². The SMILES string of the molecule is CCCC(CC(=O)OCC)n1c(=O)n(Cc2cc(Cl)cc3c2CC(=O)N3)c2ccccc21. The van der Waals surface area contributed by atoms with E-state index in [-0.39, 0.29) is 43.0 Å². The number of carbonyl (C=O) groups excluding carboxylic acids is 2. The van der Waals surface area contributed by atoms with Crippen LogP contribution in [0.25, 0.3) is 11.0 Å². The van der Waals surface area contributed by atoms with Crippen LogP contribution in [0.4, 0.5) is 5.69 Å². The third kappa shape index (κ3) is 4.17. The summed E-state index contributed by atoms with van der Waals surface area (Å²) >= 11 is 6.29. The zero-order valence-corrected chi connectivity index (χ0v) is 18.9. The van der Waals surface area contributed by atoms with Crippen LogP contribution in [0.2, 0.25) is 5.02 Å². The van der Waals surface area contributed by atoms with Gasteiger partial charge in [0.15, 0.2) is 0 Å². The lowest BCUT2D eigenvalue weighted by molar-refractivity contribution is -0.144. The minimum Gasteiger partial charge on any atom is -0.466 e. The molecule has 7 nitrogen and oxygen atoms in total. The van der Waals surface area contributed by atoms with Crippen LogP contribution >= 0.6 is 11.6 Å². The summed E-state index contributed by atoms with van der Waals surface area (Å²) in [7, 11) is 0. The number of halogens is 1. The molecule has 1 N–H and O–H groups in total. The molecule has 1 aliphatic rings. The van der Waals surface area contributed by atoms with Gasteiger partial charge < -0.3 is 10.1 Å². The van der Waals surface area contributed by atoms with Gasteiger partial charge in [-0.1, -0.05) is 37.1 Å². The fourth-order valence-electron chi connectivity index (χ4n) is 4.49. The Morgan fingerprint density at radius 1 is 1.19 bits per heavy atom. The van der Waals surface area contributed by atoms with E-state index in [1.54, 1.807) is 28.2 Å². The number of aromatic nitrogens is 2. The van der Waals surface area contributed by atoms with Crippen molar-refractivity contribution in [3.8, 4) is 0 Å². The lowest BCUT2D eigenvalue weighted by atomic mass is 10.0. The predicted molar refractivity (Wildman–Crippen MR) is 124 cm³/mol. The van der Waals surface area contributed by atoms with Gasteiger partial charge in [-0.15, -0.1) is 0 Å². The van der Waals surface area contributed by atoms with Gasteiger partial charge in [0.2, 0.25) is 5.91 Å². The quantitative estimate of drug-likeness (QED) is 0.513. The number of hydrogen-bond donors (Lipinski definition) is 1. The third-order valence-corrected chi connectivity index (χ3v) is 6.03. The van der Waals surface area contributed by atoms with E-state index >= 15 is 0 Å². The Morgan fingerprint density at radius 3 is 2.66 bits per heavy atom. The highest BCUT2D eigenvalue weighted by Crippen LogP contribution is 2.32. The first kappa shape index (κ1) is 22.1. The number of para-hydroxylation sites is 2. The molecule has 0 saturated carbocycles. The smallest absolute Gasteiger partial charge is 0.329 e. The van der Waals surface area contributed by atoms with Crippen molar-refractivity contribution in [3.05, 3.63) is 63.0 Å². The molecule has 1 amide bonds. The number of benzene rings is 2. The van der Waals surface area contributed by atoms with Crippen molar-refractivity contribution < 1.29 is 14.3 Å². The fraction of sp³-hybridized carbons (Fsp3) is 0.375. The monoisotopic (exact) mass is 455 g/mol. The Morgan fingerprint density at radius 2 is 1.94 bits per heavy atom. The van der Waals surface area contributed by atoms with Crippen LogP contribution in [0.15, 0.2) is 41.2 Å². The minimum absolute atomic E-state index is 0.0873. The Balaban J connectivity index is 1.81. The molecule has 0 radical (unpaired) electrons. The summed E-state index contributed by atoms with van der Waals surface area (Å²) in [6.07, 6.45) is 1.90. The molecule has 1 atom stereocenters. The first-order chi connectivity index (χ1) is 15.4. The molecule has 4 rings (SSSR count). The molecule has 1 unspecified atom stereocenters. The number of nitrogens with one attached hydrogen (secondary N) is 1. The number of ether oxygens (including phenoxy) is 1. The third-order valence-electron chi connectivity index (χ3n) is 5.81. The van der Waals surface area contributed by atoms with E-state index in [0.29, 0.717) is 23.7 Å². The number of esters is 1. The van der Waals surface area contributed by atoms with E-state index in [0.717, 1.165) is 28.6 Å². The molecule has 0 bridgehead atoms. The maximum Gasteiger partial charge on any atom is 0.329 e. The van der Waals surface area contributed by atoms with Gasteiger partial charge in [-0.05, 0) is 48.7 Å². The van der Waals surface area contributed by atoms with Crippen molar-refractivity contribution in [1.82, 2.24) is 9.13 Å². The van der Waals surface area contributed by atoms with Gasteiger partial charge in [0.05, 0.1) is 37.0 Å². The number of hydrogen-bond acceptors (Lipinski definition) is 4. The summed E-state index contributed by atoms with van der Waals surface area (Å²) in [6.45, 7) is 4.39. The van der Waals surface area contributed by atoms with Crippen molar-refractivity contribution in [3.63, 3.8) is 0 Å². The van der Waals surface area contributed by atoms with Gasteiger partial charge in [0.25, 0.3) is 0 Å². The number of rotatable bonds is 8. The lowest BCUT2D eigenvalue weighted by Gasteiger charge is -2.17. The summed E-state index contributed by atoms with van der Waals surface area (Å²) in [6, 6.07) is 10.8. The average molecular weight is 456 g/mol. The zero-order valence-electron chi connectivity index (χ0n) is 18.2. The molecule has 168 valence electrons. The van der Waals surface area contributed by atoms with Crippen molar-refractivity contribution >= 4 is 40.2 Å². The maximum atomic E-state index is 13.7. The Hall–Kier alpha value is -3.06. The maximum absolute atomic E-state index is 13.7. The molecule has 2 heterocycles. The highest BCUT2D eigenvalue weighted by Gasteiger charge is 2.25. The summed E-state index contributed by atoms with van der Waals surface area (Å²) in [5.41, 5.74) is 3.73. The van der Waals surface area contributed by atoms with E-state index in [1.165, 1.54) is 0 Å². The summed E-state index contributed by atoms with van der Waals surface area (Å²) in [4.78, 5) is 37.8. The molecule has 0 spiro atoms. The fourth-order valence-corrected chi connectivity index (χ4v) is 4.73. The van der Waals surface area contributed by atoms with E-state index in [1.807, 2.05) is 31.2 Å². The molecule has 32 heavy (non-hydrogen) atoms. The first-order valence-electron chi connectivity index (χ1n) is 10.9. The number of amides is 1. The Bertz CT molecular complexity index is 1240. The van der Waals surface area contributed by atoms with Gasteiger partial charge in [0, 0.05) is 16.8 Å². The Labute approximate surface area is 190 Å². The van der Waals surface area contributed by atoms with E-state index in [9.17, 15) is 14.4 Å². The van der Waals surface area contributed by atoms with Gasteiger partial charge >= 0.3 is 11.7 Å². The van der Waals surface area contributed by atoms with Crippen LogP contribution in [-0.2, 0) is 27.3 Å². The normalized spacial score (nSPS) is 13.8. The predicted octanol–water partition coefficient (Wildman–Crippen LogP) is 4.29. The number of fused-ring (bicyclic) bond motifs is 2. The summed E-state index contributed by atoms with van der Waals surface area (Å²) in [5, 5.41) is 3.33.